The van der Waals surface area contributed by atoms with Crippen LogP contribution in [0.25, 0.3) is 0 Å². The minimum Gasteiger partial charge on any atom is -0.493 e. The van der Waals surface area contributed by atoms with Gasteiger partial charge in [0.25, 0.3) is 0 Å². The van der Waals surface area contributed by atoms with Crippen LogP contribution in [0.15, 0.2) is 12.1 Å². The van der Waals surface area contributed by atoms with E-state index in [2.05, 4.69) is 0 Å². The van der Waals surface area contributed by atoms with E-state index >= 15 is 0 Å². The predicted octanol–water partition coefficient (Wildman–Crippen LogP) is 3.10. The van der Waals surface area contributed by atoms with E-state index in [4.69, 9.17) is 14.2 Å². The Morgan fingerprint density at radius 3 is 2.23 bits per heavy atom. The highest BCUT2D eigenvalue weighted by molar-refractivity contribution is 6.00. The summed E-state index contributed by atoms with van der Waals surface area (Å²) in [6.07, 6.45) is 6.50. The Labute approximate surface area is 178 Å². The van der Waals surface area contributed by atoms with Gasteiger partial charge >= 0.3 is 0 Å². The molecule has 1 aromatic rings. The lowest BCUT2D eigenvalue weighted by Crippen LogP contribution is -2.47. The van der Waals surface area contributed by atoms with Crippen LogP contribution >= 0.6 is 0 Å². The van der Waals surface area contributed by atoms with Gasteiger partial charge in [-0.05, 0) is 24.7 Å². The lowest BCUT2D eigenvalue weighted by Gasteiger charge is -2.42. The largest absolute Gasteiger partial charge is 0.493 e. The van der Waals surface area contributed by atoms with E-state index in [1.807, 2.05) is 4.90 Å². The number of nitrogens with zero attached hydrogens (tertiary/aromatic N) is 2. The van der Waals surface area contributed by atoms with Crippen molar-refractivity contribution in [2.45, 2.75) is 38.5 Å². The van der Waals surface area contributed by atoms with Crippen molar-refractivity contribution in [2.24, 2.45) is 17.8 Å². The first kappa shape index (κ1) is 20.8. The third-order valence-corrected chi connectivity index (χ3v) is 7.04. The lowest BCUT2D eigenvalue weighted by atomic mass is 9.75. The summed E-state index contributed by atoms with van der Waals surface area (Å²) >= 11 is 0. The molecule has 1 saturated carbocycles. The van der Waals surface area contributed by atoms with E-state index in [9.17, 15) is 9.59 Å². The van der Waals surface area contributed by atoms with E-state index in [1.165, 1.54) is 25.7 Å². The molecule has 1 aliphatic carbocycles. The van der Waals surface area contributed by atoms with E-state index < -0.39 is 0 Å². The highest BCUT2D eigenvalue weighted by atomic mass is 16.5. The Morgan fingerprint density at radius 1 is 0.933 bits per heavy atom. The number of carbonyl (C=O) groups is 2. The van der Waals surface area contributed by atoms with E-state index in [0.29, 0.717) is 35.4 Å². The second-order valence-corrected chi connectivity index (χ2v) is 8.67. The van der Waals surface area contributed by atoms with E-state index in [-0.39, 0.29) is 24.2 Å². The van der Waals surface area contributed by atoms with Gasteiger partial charge in [-0.15, -0.1) is 0 Å². The van der Waals surface area contributed by atoms with Crippen LogP contribution < -0.4 is 19.1 Å². The summed E-state index contributed by atoms with van der Waals surface area (Å²) in [5.41, 5.74) is 0.663. The van der Waals surface area contributed by atoms with Gasteiger partial charge in [0.15, 0.2) is 11.5 Å². The summed E-state index contributed by atoms with van der Waals surface area (Å²) in [6.45, 7) is 2.08. The van der Waals surface area contributed by atoms with E-state index in [0.717, 1.165) is 25.4 Å². The smallest absolute Gasteiger partial charge is 0.228 e. The van der Waals surface area contributed by atoms with Gasteiger partial charge in [0.05, 0.1) is 32.9 Å². The average molecular weight is 417 g/mol. The van der Waals surface area contributed by atoms with Gasteiger partial charge in [0, 0.05) is 38.2 Å². The number of likely N-dealkylation sites (tertiary alicyclic amines) is 1. The Balaban J connectivity index is 1.48. The number of amides is 2. The third kappa shape index (κ3) is 3.82. The number of rotatable bonds is 5. The number of methoxy groups -OCH3 is 3. The molecule has 7 nitrogen and oxygen atoms in total. The maximum absolute atomic E-state index is 13.2. The number of benzene rings is 1. The van der Waals surface area contributed by atoms with Crippen LogP contribution in [0, 0.1) is 17.8 Å². The van der Waals surface area contributed by atoms with Crippen molar-refractivity contribution in [2.75, 3.05) is 45.9 Å². The van der Waals surface area contributed by atoms with Crippen LogP contribution in [0.1, 0.15) is 38.5 Å². The molecule has 0 radical (unpaired) electrons. The molecule has 3 unspecified atom stereocenters. The highest BCUT2D eigenvalue weighted by Gasteiger charge is 2.40. The molecule has 0 spiro atoms. The minimum atomic E-state index is -0.295. The summed E-state index contributed by atoms with van der Waals surface area (Å²) in [6, 6.07) is 3.53. The lowest BCUT2D eigenvalue weighted by molar-refractivity contribution is -0.138. The monoisotopic (exact) mass is 416 g/mol. The molecule has 3 atom stereocenters. The normalized spacial score (nSPS) is 26.4. The molecule has 164 valence electrons. The minimum absolute atomic E-state index is 0.0461. The quantitative estimate of drug-likeness (QED) is 0.738. The zero-order valence-electron chi connectivity index (χ0n) is 18.2. The van der Waals surface area contributed by atoms with Crippen LogP contribution in [0.3, 0.4) is 0 Å². The number of hydrogen-bond donors (Lipinski definition) is 0. The fourth-order valence-corrected chi connectivity index (χ4v) is 5.40. The third-order valence-electron chi connectivity index (χ3n) is 7.04. The fraction of sp³-hybridized carbons (Fsp3) is 0.652. The zero-order chi connectivity index (χ0) is 21.3. The molecular weight excluding hydrogens is 384 g/mol. The number of hydrogen-bond acceptors (Lipinski definition) is 5. The standard InChI is InChI=1S/C23H32N2O5/c1-28-19-11-18(12-20(29-2)22(19)30-3)25-14-17(10-21(25)26)23(27)24-9-8-15-6-4-5-7-16(15)13-24/h11-12,15-17H,4-10,13-14H2,1-3H3. The number of anilines is 1. The van der Waals surface area contributed by atoms with Crippen molar-refractivity contribution >= 4 is 17.5 Å². The van der Waals surface area contributed by atoms with Crippen molar-refractivity contribution in [3.63, 3.8) is 0 Å². The molecule has 3 aliphatic rings. The summed E-state index contributed by atoms with van der Waals surface area (Å²) in [7, 11) is 4.65. The molecule has 0 N–H and O–H groups in total. The van der Waals surface area contributed by atoms with Crippen molar-refractivity contribution in [1.82, 2.24) is 4.90 Å². The first-order valence-electron chi connectivity index (χ1n) is 10.9. The Kier molecular flexibility index (Phi) is 6.06. The molecule has 4 rings (SSSR count). The van der Waals surface area contributed by atoms with Crippen LogP contribution in [-0.4, -0.2) is 57.7 Å². The number of fused-ring (bicyclic) bond motifs is 1. The molecular formula is C23H32N2O5. The Hall–Kier alpha value is -2.44. The first-order valence-corrected chi connectivity index (χ1v) is 10.9. The van der Waals surface area contributed by atoms with Gasteiger partial charge in [0.2, 0.25) is 17.6 Å². The fourth-order valence-electron chi connectivity index (χ4n) is 5.40. The van der Waals surface area contributed by atoms with Gasteiger partial charge in [0.1, 0.15) is 0 Å². The molecule has 2 saturated heterocycles. The maximum Gasteiger partial charge on any atom is 0.228 e. The summed E-state index contributed by atoms with van der Waals surface area (Å²) in [5, 5.41) is 0. The SMILES string of the molecule is COc1cc(N2CC(C(=O)N3CCC4CCCCC4C3)CC2=O)cc(OC)c1OC. The molecule has 2 amide bonds. The first-order chi connectivity index (χ1) is 14.5. The molecule has 7 heteroatoms. The van der Waals surface area contributed by atoms with Gasteiger partial charge < -0.3 is 24.0 Å². The van der Waals surface area contributed by atoms with Crippen LogP contribution in [0.2, 0.25) is 0 Å². The van der Waals surface area contributed by atoms with Gasteiger partial charge in [-0.3, -0.25) is 9.59 Å². The second kappa shape index (κ2) is 8.74. The summed E-state index contributed by atoms with van der Waals surface area (Å²) < 4.78 is 16.2. The molecule has 30 heavy (non-hydrogen) atoms. The van der Waals surface area contributed by atoms with Crippen molar-refractivity contribution in [1.29, 1.82) is 0 Å². The Morgan fingerprint density at radius 2 is 1.60 bits per heavy atom. The number of carbonyl (C=O) groups excluding carboxylic acids is 2. The molecule has 1 aromatic carbocycles. The van der Waals surface area contributed by atoms with Crippen molar-refractivity contribution in [3.05, 3.63) is 12.1 Å². The van der Waals surface area contributed by atoms with Crippen LogP contribution in [0.5, 0.6) is 17.2 Å². The molecule has 0 aromatic heterocycles. The maximum atomic E-state index is 13.2. The average Bonchev–Trinajstić information content (AvgIpc) is 3.18. The van der Waals surface area contributed by atoms with Gasteiger partial charge in [-0.1, -0.05) is 19.3 Å². The summed E-state index contributed by atoms with van der Waals surface area (Å²) in [4.78, 5) is 29.7. The van der Waals surface area contributed by atoms with E-state index in [1.54, 1.807) is 38.4 Å². The van der Waals surface area contributed by atoms with Crippen LogP contribution in [-0.2, 0) is 9.59 Å². The predicted molar refractivity (Wildman–Crippen MR) is 113 cm³/mol. The van der Waals surface area contributed by atoms with Crippen LogP contribution in [0.4, 0.5) is 5.69 Å². The zero-order valence-corrected chi connectivity index (χ0v) is 18.2. The van der Waals surface area contributed by atoms with Gasteiger partial charge in [-0.25, -0.2) is 0 Å². The second-order valence-electron chi connectivity index (χ2n) is 8.67. The molecule has 2 aliphatic heterocycles. The van der Waals surface area contributed by atoms with Crippen molar-refractivity contribution < 1.29 is 23.8 Å². The molecule has 3 fully saturated rings. The Bertz CT molecular complexity index is 786. The topological polar surface area (TPSA) is 68.3 Å². The number of piperidine rings is 1. The molecule has 0 bridgehead atoms. The summed E-state index contributed by atoms with van der Waals surface area (Å²) in [5.74, 6) is 2.68. The van der Waals surface area contributed by atoms with Gasteiger partial charge in [-0.2, -0.15) is 0 Å². The highest BCUT2D eigenvalue weighted by Crippen LogP contribution is 2.42. The molecule has 2 heterocycles. The van der Waals surface area contributed by atoms with Crippen molar-refractivity contribution in [3.8, 4) is 17.2 Å². The number of ether oxygens (including phenoxy) is 3.